The van der Waals surface area contributed by atoms with E-state index in [0.717, 1.165) is 12.1 Å². The minimum atomic E-state index is -3.69. The summed E-state index contributed by atoms with van der Waals surface area (Å²) in [6.07, 6.45) is 1.67. The third-order valence-electron chi connectivity index (χ3n) is 5.90. The number of benzene rings is 1. The van der Waals surface area contributed by atoms with Gasteiger partial charge in [-0.1, -0.05) is 0 Å². The van der Waals surface area contributed by atoms with E-state index in [1.54, 1.807) is 12.1 Å². The highest BCUT2D eigenvalue weighted by Gasteiger charge is 2.33. The molecular weight excluding hydrogens is 444 g/mol. The van der Waals surface area contributed by atoms with Crippen molar-refractivity contribution in [2.24, 2.45) is 5.92 Å². The van der Waals surface area contributed by atoms with E-state index >= 15 is 0 Å². The summed E-state index contributed by atoms with van der Waals surface area (Å²) in [5.74, 6) is 1.31. The van der Waals surface area contributed by atoms with Crippen molar-refractivity contribution in [2.45, 2.75) is 57.4 Å². The minimum absolute atomic E-state index is 0.104. The molecule has 2 aliphatic rings. The van der Waals surface area contributed by atoms with Crippen molar-refractivity contribution < 1.29 is 22.7 Å². The molecule has 1 amide bonds. The van der Waals surface area contributed by atoms with Crippen molar-refractivity contribution in [3.05, 3.63) is 30.0 Å². The standard InChI is InChI=1S/C23H32N4O5S/c1-16-14-21(27(25-16)23(2,3)4)24-22(28)17-8-10-26(11-9-17)33(29,30)18-6-7-19-20(15-18)32-13-5-12-31-19/h6-7,14-15,17H,5,8-13H2,1-4H3,(H,24,28). The summed E-state index contributed by atoms with van der Waals surface area (Å²) < 4.78 is 40.9. The Labute approximate surface area is 195 Å². The second-order valence-corrected chi connectivity index (χ2v) is 11.5. The highest BCUT2D eigenvalue weighted by Crippen LogP contribution is 2.34. The molecule has 0 radical (unpaired) electrons. The van der Waals surface area contributed by atoms with Crippen LogP contribution in [0, 0.1) is 12.8 Å². The molecule has 3 heterocycles. The number of carbonyl (C=O) groups excluding carboxylic acids is 1. The van der Waals surface area contributed by atoms with E-state index in [4.69, 9.17) is 9.47 Å². The molecule has 4 rings (SSSR count). The van der Waals surface area contributed by atoms with Gasteiger partial charge in [0.25, 0.3) is 0 Å². The van der Waals surface area contributed by atoms with E-state index in [-0.39, 0.29) is 35.3 Å². The van der Waals surface area contributed by atoms with Crippen LogP contribution in [0.4, 0.5) is 5.82 Å². The van der Waals surface area contributed by atoms with Crippen molar-refractivity contribution in [3.8, 4) is 11.5 Å². The molecule has 10 heteroatoms. The van der Waals surface area contributed by atoms with Crippen LogP contribution in [0.15, 0.2) is 29.2 Å². The van der Waals surface area contributed by atoms with Crippen LogP contribution in [-0.2, 0) is 20.4 Å². The average Bonchev–Trinajstić information content (AvgIpc) is 2.99. The molecule has 0 bridgehead atoms. The fourth-order valence-corrected chi connectivity index (χ4v) is 5.63. The Bertz CT molecular complexity index is 1130. The van der Waals surface area contributed by atoms with E-state index < -0.39 is 10.0 Å². The van der Waals surface area contributed by atoms with Gasteiger partial charge in [0.2, 0.25) is 15.9 Å². The van der Waals surface area contributed by atoms with Crippen molar-refractivity contribution in [2.75, 3.05) is 31.6 Å². The van der Waals surface area contributed by atoms with Crippen LogP contribution >= 0.6 is 0 Å². The van der Waals surface area contributed by atoms with Gasteiger partial charge in [0.1, 0.15) is 5.82 Å². The number of piperidine rings is 1. The Morgan fingerprint density at radius 3 is 2.42 bits per heavy atom. The first-order valence-corrected chi connectivity index (χ1v) is 12.8. The van der Waals surface area contributed by atoms with E-state index in [1.807, 2.05) is 38.4 Å². The highest BCUT2D eigenvalue weighted by atomic mass is 32.2. The molecule has 2 aromatic rings. The summed E-state index contributed by atoms with van der Waals surface area (Å²) in [4.78, 5) is 13.1. The normalized spacial score (nSPS) is 18.1. The number of rotatable bonds is 4. The van der Waals surface area contributed by atoms with Gasteiger partial charge in [-0.2, -0.15) is 9.40 Å². The lowest BCUT2D eigenvalue weighted by Gasteiger charge is -2.31. The molecule has 1 aromatic heterocycles. The number of nitrogens with zero attached hydrogens (tertiary/aromatic N) is 3. The van der Waals surface area contributed by atoms with Crippen LogP contribution in [0.5, 0.6) is 11.5 Å². The maximum atomic E-state index is 13.2. The Kier molecular flexibility index (Phi) is 6.41. The summed E-state index contributed by atoms with van der Waals surface area (Å²) in [6.45, 7) is 9.57. The van der Waals surface area contributed by atoms with Gasteiger partial charge >= 0.3 is 0 Å². The minimum Gasteiger partial charge on any atom is -0.490 e. The highest BCUT2D eigenvalue weighted by molar-refractivity contribution is 7.89. The number of aromatic nitrogens is 2. The van der Waals surface area contributed by atoms with Crippen LogP contribution in [0.2, 0.25) is 0 Å². The first-order valence-electron chi connectivity index (χ1n) is 11.3. The molecule has 0 spiro atoms. The topological polar surface area (TPSA) is 103 Å². The van der Waals surface area contributed by atoms with Gasteiger partial charge < -0.3 is 14.8 Å². The van der Waals surface area contributed by atoms with Gasteiger partial charge in [-0.3, -0.25) is 4.79 Å². The number of amides is 1. The SMILES string of the molecule is Cc1cc(NC(=O)C2CCN(S(=O)(=O)c3ccc4c(c3)OCCCO4)CC2)n(C(C)(C)C)n1. The van der Waals surface area contributed by atoms with Crippen LogP contribution in [-0.4, -0.2) is 54.7 Å². The number of hydrogen-bond donors (Lipinski definition) is 1. The van der Waals surface area contributed by atoms with Gasteiger partial charge in [0.15, 0.2) is 11.5 Å². The van der Waals surface area contributed by atoms with Gasteiger partial charge in [0, 0.05) is 37.6 Å². The van der Waals surface area contributed by atoms with Gasteiger partial charge in [0.05, 0.1) is 29.3 Å². The number of carbonyl (C=O) groups is 1. The Morgan fingerprint density at radius 2 is 1.76 bits per heavy atom. The number of nitrogens with one attached hydrogen (secondary N) is 1. The third-order valence-corrected chi connectivity index (χ3v) is 7.79. The molecule has 2 aliphatic heterocycles. The molecular formula is C23H32N4O5S. The predicted molar refractivity (Wildman–Crippen MR) is 124 cm³/mol. The van der Waals surface area contributed by atoms with Gasteiger partial charge in [-0.15, -0.1) is 0 Å². The second kappa shape index (κ2) is 8.98. The maximum absolute atomic E-state index is 13.2. The van der Waals surface area contributed by atoms with Gasteiger partial charge in [-0.25, -0.2) is 13.1 Å². The summed E-state index contributed by atoms with van der Waals surface area (Å²) >= 11 is 0. The Morgan fingerprint density at radius 1 is 1.09 bits per heavy atom. The molecule has 33 heavy (non-hydrogen) atoms. The molecule has 1 fully saturated rings. The zero-order valence-corrected chi connectivity index (χ0v) is 20.4. The van der Waals surface area contributed by atoms with Gasteiger partial charge in [-0.05, 0) is 52.7 Å². The van der Waals surface area contributed by atoms with Crippen LogP contribution < -0.4 is 14.8 Å². The number of hydrogen-bond acceptors (Lipinski definition) is 6. The zero-order chi connectivity index (χ0) is 23.8. The summed E-state index contributed by atoms with van der Waals surface area (Å²) in [5.41, 5.74) is 0.563. The number of fused-ring (bicyclic) bond motifs is 1. The summed E-state index contributed by atoms with van der Waals surface area (Å²) in [7, 11) is -3.69. The lowest BCUT2D eigenvalue weighted by atomic mass is 9.97. The average molecular weight is 477 g/mol. The monoisotopic (exact) mass is 476 g/mol. The van der Waals surface area contributed by atoms with E-state index in [2.05, 4.69) is 10.4 Å². The molecule has 9 nitrogen and oxygen atoms in total. The molecule has 0 aliphatic carbocycles. The Balaban J connectivity index is 1.41. The number of anilines is 1. The molecule has 0 atom stereocenters. The molecule has 0 saturated carbocycles. The van der Waals surface area contributed by atoms with E-state index in [9.17, 15) is 13.2 Å². The predicted octanol–water partition coefficient (Wildman–Crippen LogP) is 3.15. The van der Waals surface area contributed by atoms with Crippen molar-refractivity contribution in [3.63, 3.8) is 0 Å². The van der Waals surface area contributed by atoms with Crippen molar-refractivity contribution in [1.29, 1.82) is 0 Å². The number of sulfonamides is 1. The van der Waals surface area contributed by atoms with Crippen LogP contribution in [0.1, 0.15) is 45.7 Å². The summed E-state index contributed by atoms with van der Waals surface area (Å²) in [5, 5.41) is 7.49. The van der Waals surface area contributed by atoms with Crippen molar-refractivity contribution in [1.82, 2.24) is 14.1 Å². The van der Waals surface area contributed by atoms with Crippen LogP contribution in [0.3, 0.4) is 0 Å². The molecule has 1 aromatic carbocycles. The fraction of sp³-hybridized carbons (Fsp3) is 0.565. The molecule has 0 unspecified atom stereocenters. The Hall–Kier alpha value is -2.59. The second-order valence-electron chi connectivity index (χ2n) is 9.58. The van der Waals surface area contributed by atoms with Crippen LogP contribution in [0.25, 0.3) is 0 Å². The number of aryl methyl sites for hydroxylation is 1. The lowest BCUT2D eigenvalue weighted by molar-refractivity contribution is -0.121. The quantitative estimate of drug-likeness (QED) is 0.727. The first-order chi connectivity index (χ1) is 15.6. The zero-order valence-electron chi connectivity index (χ0n) is 19.6. The molecule has 1 saturated heterocycles. The maximum Gasteiger partial charge on any atom is 0.243 e. The summed E-state index contributed by atoms with van der Waals surface area (Å²) in [6, 6.07) is 6.59. The smallest absolute Gasteiger partial charge is 0.243 e. The van der Waals surface area contributed by atoms with Crippen molar-refractivity contribution >= 4 is 21.7 Å². The van der Waals surface area contributed by atoms with E-state index in [0.29, 0.717) is 43.4 Å². The fourth-order valence-electron chi connectivity index (χ4n) is 4.14. The lowest BCUT2D eigenvalue weighted by Crippen LogP contribution is -2.41. The third kappa shape index (κ3) is 5.01. The van der Waals surface area contributed by atoms with E-state index in [1.165, 1.54) is 10.4 Å². The molecule has 180 valence electrons. The number of ether oxygens (including phenoxy) is 2. The molecule has 1 N–H and O–H groups in total. The first kappa shape index (κ1) is 23.6. The largest absolute Gasteiger partial charge is 0.490 e.